The molecule has 2 aliphatic heterocycles. The van der Waals surface area contributed by atoms with E-state index in [0.717, 1.165) is 68.0 Å². The topological polar surface area (TPSA) is 68.7 Å². The third-order valence-electron chi connectivity index (χ3n) is 6.53. The first kappa shape index (κ1) is 22.9. The number of nitrogens with zero attached hydrogens (tertiary/aromatic N) is 7. The average Bonchev–Trinajstić information content (AvgIpc) is 3.35. The summed E-state index contributed by atoms with van der Waals surface area (Å²) in [5, 5.41) is 3.00. The number of aromatic nitrogens is 3. The van der Waals surface area contributed by atoms with Crippen molar-refractivity contribution in [3.05, 3.63) is 59.4 Å². The number of likely N-dealkylation sites (N-methyl/N-ethyl adjacent to an activating group) is 1. The molecule has 0 atom stereocenters. The van der Waals surface area contributed by atoms with Crippen LogP contribution in [0.25, 0.3) is 10.6 Å². The van der Waals surface area contributed by atoms with Crippen molar-refractivity contribution < 1.29 is 4.79 Å². The van der Waals surface area contributed by atoms with Crippen molar-refractivity contribution in [1.82, 2.24) is 29.7 Å². The molecule has 0 saturated carbocycles. The zero-order valence-electron chi connectivity index (χ0n) is 19.6. The van der Waals surface area contributed by atoms with Crippen LogP contribution in [0.4, 0.5) is 5.95 Å². The van der Waals surface area contributed by atoms with Gasteiger partial charge in [0.05, 0.1) is 12.1 Å². The van der Waals surface area contributed by atoms with E-state index in [-0.39, 0.29) is 5.91 Å². The molecule has 0 unspecified atom stereocenters. The summed E-state index contributed by atoms with van der Waals surface area (Å²) in [5.41, 5.74) is 3.30. The van der Waals surface area contributed by atoms with Crippen molar-refractivity contribution in [2.24, 2.45) is 0 Å². The van der Waals surface area contributed by atoms with Gasteiger partial charge >= 0.3 is 0 Å². The Labute approximate surface area is 204 Å². The van der Waals surface area contributed by atoms with Crippen LogP contribution in [0.1, 0.15) is 11.3 Å². The van der Waals surface area contributed by atoms with Gasteiger partial charge in [0, 0.05) is 82.2 Å². The fourth-order valence-corrected chi connectivity index (χ4v) is 5.28. The lowest BCUT2D eigenvalue weighted by molar-refractivity contribution is -0.130. The fraction of sp³-hybridized carbons (Fsp3) is 0.440. The number of piperazine rings is 2. The van der Waals surface area contributed by atoms with Crippen molar-refractivity contribution in [1.29, 1.82) is 0 Å². The van der Waals surface area contributed by atoms with Gasteiger partial charge in [0.25, 0.3) is 0 Å². The minimum absolute atomic E-state index is 0.134. The average molecular weight is 478 g/mol. The molecule has 8 nitrogen and oxygen atoms in total. The largest absolute Gasteiger partial charge is 0.339 e. The molecule has 0 radical (unpaired) electrons. The summed E-state index contributed by atoms with van der Waals surface area (Å²) in [5.74, 6) is 0.864. The van der Waals surface area contributed by atoms with Crippen molar-refractivity contribution in [3.8, 4) is 10.6 Å². The summed E-state index contributed by atoms with van der Waals surface area (Å²) in [6.07, 6.45) is 3.85. The summed E-state index contributed by atoms with van der Waals surface area (Å²) in [6, 6.07) is 10.5. The van der Waals surface area contributed by atoms with Crippen LogP contribution in [0.5, 0.6) is 0 Å². The van der Waals surface area contributed by atoms with Gasteiger partial charge in [-0.2, -0.15) is 0 Å². The van der Waals surface area contributed by atoms with E-state index in [2.05, 4.69) is 56.0 Å². The van der Waals surface area contributed by atoms with Crippen LogP contribution in [-0.4, -0.2) is 95.0 Å². The van der Waals surface area contributed by atoms with Gasteiger partial charge in [-0.15, -0.1) is 11.3 Å². The zero-order valence-corrected chi connectivity index (χ0v) is 20.5. The first-order chi connectivity index (χ1) is 16.6. The molecular weight excluding hydrogens is 446 g/mol. The highest BCUT2D eigenvalue weighted by Gasteiger charge is 2.23. The molecule has 4 heterocycles. The molecule has 2 saturated heterocycles. The third kappa shape index (κ3) is 5.60. The van der Waals surface area contributed by atoms with Crippen LogP contribution in [-0.2, 0) is 17.8 Å². The number of thiazole rings is 1. The van der Waals surface area contributed by atoms with Gasteiger partial charge in [0.2, 0.25) is 11.9 Å². The highest BCUT2D eigenvalue weighted by Crippen LogP contribution is 2.26. The van der Waals surface area contributed by atoms with Gasteiger partial charge in [-0.3, -0.25) is 9.69 Å². The Morgan fingerprint density at radius 1 is 0.971 bits per heavy atom. The highest BCUT2D eigenvalue weighted by molar-refractivity contribution is 7.13. The lowest BCUT2D eigenvalue weighted by atomic mass is 10.1. The standard InChI is InChI=1S/C25H31N7OS/c1-29-8-10-30(11-9-29)18-20-4-2-5-21(16-20)24-28-22(19-34-24)17-23(33)31-12-14-32(15-13-31)25-26-6-3-7-27-25/h2-7,16,19H,8-15,17-18H2,1H3. The third-order valence-corrected chi connectivity index (χ3v) is 7.47. The quantitative estimate of drug-likeness (QED) is 0.539. The summed E-state index contributed by atoms with van der Waals surface area (Å²) in [6.45, 7) is 8.30. The second-order valence-corrected chi connectivity index (χ2v) is 9.88. The molecule has 0 N–H and O–H groups in total. The van der Waals surface area contributed by atoms with E-state index in [0.29, 0.717) is 19.5 Å². The van der Waals surface area contributed by atoms with Gasteiger partial charge in [-0.1, -0.05) is 18.2 Å². The van der Waals surface area contributed by atoms with Crippen molar-refractivity contribution >= 4 is 23.2 Å². The van der Waals surface area contributed by atoms with Crippen molar-refractivity contribution in [2.75, 3.05) is 64.3 Å². The maximum Gasteiger partial charge on any atom is 0.228 e. The van der Waals surface area contributed by atoms with Gasteiger partial charge in [-0.05, 0) is 24.7 Å². The molecule has 2 aliphatic rings. The van der Waals surface area contributed by atoms with E-state index in [1.165, 1.54) is 5.56 Å². The Morgan fingerprint density at radius 2 is 1.74 bits per heavy atom. The molecule has 3 aromatic rings. The molecule has 1 aromatic carbocycles. The Kier molecular flexibility index (Phi) is 7.13. The number of amides is 1. The summed E-state index contributed by atoms with van der Waals surface area (Å²) < 4.78 is 0. The lowest BCUT2D eigenvalue weighted by Gasteiger charge is -2.34. The number of rotatable bonds is 6. The number of anilines is 1. The molecule has 1 amide bonds. The minimum Gasteiger partial charge on any atom is -0.339 e. The molecule has 2 fully saturated rings. The number of carbonyl (C=O) groups is 1. The molecule has 9 heteroatoms. The smallest absolute Gasteiger partial charge is 0.228 e. The molecule has 178 valence electrons. The fourth-order valence-electron chi connectivity index (χ4n) is 4.46. The molecule has 34 heavy (non-hydrogen) atoms. The van der Waals surface area contributed by atoms with E-state index in [1.807, 2.05) is 16.3 Å². The van der Waals surface area contributed by atoms with Gasteiger partial charge in [0.15, 0.2) is 0 Å². The van der Waals surface area contributed by atoms with Crippen LogP contribution in [0.3, 0.4) is 0 Å². The van der Waals surface area contributed by atoms with Crippen LogP contribution >= 0.6 is 11.3 Å². The predicted molar refractivity (Wildman–Crippen MR) is 135 cm³/mol. The monoisotopic (exact) mass is 477 g/mol. The first-order valence-corrected chi connectivity index (χ1v) is 12.8. The molecule has 0 aliphatic carbocycles. The summed E-state index contributed by atoms with van der Waals surface area (Å²) in [7, 11) is 2.18. The first-order valence-electron chi connectivity index (χ1n) is 11.9. The van der Waals surface area contributed by atoms with Gasteiger partial charge < -0.3 is 14.7 Å². The summed E-state index contributed by atoms with van der Waals surface area (Å²) >= 11 is 1.62. The molecule has 5 rings (SSSR count). The van der Waals surface area contributed by atoms with Gasteiger partial charge in [0.1, 0.15) is 5.01 Å². The lowest BCUT2D eigenvalue weighted by Crippen LogP contribution is -2.49. The number of carbonyl (C=O) groups excluding carboxylic acids is 1. The Bertz CT molecular complexity index is 1090. The Balaban J connectivity index is 1.16. The van der Waals surface area contributed by atoms with Crippen LogP contribution in [0.15, 0.2) is 48.1 Å². The zero-order chi connectivity index (χ0) is 23.3. The van der Waals surface area contributed by atoms with Gasteiger partial charge in [-0.25, -0.2) is 15.0 Å². The molecule has 0 bridgehead atoms. The maximum absolute atomic E-state index is 12.9. The van der Waals surface area contributed by atoms with Crippen LogP contribution in [0, 0.1) is 0 Å². The Morgan fingerprint density at radius 3 is 2.50 bits per heavy atom. The highest BCUT2D eigenvalue weighted by atomic mass is 32.1. The predicted octanol–water partition coefficient (Wildman–Crippen LogP) is 2.24. The molecule has 2 aromatic heterocycles. The van der Waals surface area contributed by atoms with E-state index in [1.54, 1.807) is 23.7 Å². The van der Waals surface area contributed by atoms with Crippen molar-refractivity contribution in [2.45, 2.75) is 13.0 Å². The van der Waals surface area contributed by atoms with Crippen molar-refractivity contribution in [3.63, 3.8) is 0 Å². The van der Waals surface area contributed by atoms with E-state index >= 15 is 0 Å². The number of hydrogen-bond donors (Lipinski definition) is 0. The molecule has 0 spiro atoms. The van der Waals surface area contributed by atoms with Crippen LogP contribution in [0.2, 0.25) is 0 Å². The van der Waals surface area contributed by atoms with E-state index < -0.39 is 0 Å². The minimum atomic E-state index is 0.134. The van der Waals surface area contributed by atoms with E-state index in [9.17, 15) is 4.79 Å². The Hall–Kier alpha value is -2.88. The SMILES string of the molecule is CN1CCN(Cc2cccc(-c3nc(CC(=O)N4CCN(c5ncccn5)CC4)cs3)c2)CC1. The van der Waals surface area contributed by atoms with Crippen LogP contribution < -0.4 is 4.90 Å². The number of benzene rings is 1. The molecular formula is C25H31N7OS. The second-order valence-electron chi connectivity index (χ2n) is 9.02. The van der Waals surface area contributed by atoms with E-state index in [4.69, 9.17) is 4.98 Å². The normalized spacial score (nSPS) is 17.8. The number of hydrogen-bond acceptors (Lipinski definition) is 8. The second kappa shape index (κ2) is 10.6. The summed E-state index contributed by atoms with van der Waals surface area (Å²) in [4.78, 5) is 35.2. The maximum atomic E-state index is 12.9.